The highest BCUT2D eigenvalue weighted by Crippen LogP contribution is 2.46. The third-order valence-corrected chi connectivity index (χ3v) is 14.6. The number of nitrogens with zero attached hydrogens (tertiary/aromatic N) is 3. The normalized spacial score (nSPS) is 13.9. The Morgan fingerprint density at radius 1 is 0.500 bits per heavy atom. The molecule has 0 bridgehead atoms. The summed E-state index contributed by atoms with van der Waals surface area (Å²) in [6.07, 6.45) is 4.63. The summed E-state index contributed by atoms with van der Waals surface area (Å²) in [5, 5.41) is 12.8. The lowest BCUT2D eigenvalue weighted by atomic mass is 9.83. The summed E-state index contributed by atoms with van der Waals surface area (Å²) in [7, 11) is 0. The maximum absolute atomic E-state index is 12.8. The maximum atomic E-state index is 12.8. The summed E-state index contributed by atoms with van der Waals surface area (Å²) in [4.78, 5) is 10.7. The van der Waals surface area contributed by atoms with Crippen molar-refractivity contribution in [1.29, 1.82) is 0 Å². The summed E-state index contributed by atoms with van der Waals surface area (Å²) >= 11 is 0. The zero-order valence-corrected chi connectivity index (χ0v) is 42.2. The lowest BCUT2D eigenvalue weighted by Crippen LogP contribution is -2.12. The van der Waals surface area contributed by atoms with E-state index >= 15 is 0 Å². The second-order valence-corrected chi connectivity index (χ2v) is 21.6. The van der Waals surface area contributed by atoms with E-state index in [1.807, 2.05) is 72.9 Å². The molecule has 1 N–H and O–H groups in total. The molecule has 72 heavy (non-hydrogen) atoms. The van der Waals surface area contributed by atoms with Gasteiger partial charge in [0.05, 0.1) is 28.0 Å². The Morgan fingerprint density at radius 3 is 1.82 bits per heavy atom. The topological polar surface area (TPSA) is 50.9 Å². The minimum atomic E-state index is -1.35. The Morgan fingerprint density at radius 2 is 1.11 bits per heavy atom. The van der Waals surface area contributed by atoms with Crippen LogP contribution in [0.4, 0.5) is 0 Å². The molecule has 1 aliphatic carbocycles. The average Bonchev–Trinajstić information content (AvgIpc) is 4.11. The van der Waals surface area contributed by atoms with Gasteiger partial charge in [0.15, 0.2) is 0 Å². The molecule has 0 radical (unpaired) electrons. The molecule has 1 fully saturated rings. The first kappa shape index (κ1) is 44.1. The molecule has 0 spiro atoms. The number of aromatic hydroxyl groups is 1. The van der Waals surface area contributed by atoms with Crippen LogP contribution in [0.3, 0.4) is 0 Å². The van der Waals surface area contributed by atoms with Gasteiger partial charge in [-0.3, -0.25) is 9.55 Å². The number of hydrogen-bond acceptors (Lipinski definition) is 3. The van der Waals surface area contributed by atoms with Crippen LogP contribution in [-0.4, -0.2) is 19.6 Å². The first-order chi connectivity index (χ1) is 35.6. The van der Waals surface area contributed by atoms with Crippen LogP contribution >= 0.6 is 0 Å². The Kier molecular flexibility index (Phi) is 11.7. The van der Waals surface area contributed by atoms with Crippen molar-refractivity contribution in [2.45, 2.75) is 84.4 Å². The molecule has 0 saturated heterocycles. The van der Waals surface area contributed by atoms with Crippen LogP contribution in [0.5, 0.6) is 5.75 Å². The highest BCUT2D eigenvalue weighted by molar-refractivity contribution is 5.99. The van der Waals surface area contributed by atoms with Gasteiger partial charge in [0.1, 0.15) is 11.6 Å². The number of para-hydroxylation sites is 2. The minimum absolute atomic E-state index is 0.0646. The fourth-order valence-corrected chi connectivity index (χ4v) is 10.5. The van der Waals surface area contributed by atoms with Crippen molar-refractivity contribution in [2.24, 2.45) is 5.92 Å². The highest BCUT2D eigenvalue weighted by Gasteiger charge is 2.26. The van der Waals surface area contributed by atoms with Crippen LogP contribution in [0.1, 0.15) is 86.7 Å². The predicted molar refractivity (Wildman–Crippen MR) is 302 cm³/mol. The van der Waals surface area contributed by atoms with Gasteiger partial charge in [0.25, 0.3) is 0 Å². The van der Waals surface area contributed by atoms with Gasteiger partial charge < -0.3 is 5.11 Å². The summed E-state index contributed by atoms with van der Waals surface area (Å²) in [6.45, 7) is 13.5. The number of phenolic OH excluding ortho intramolecular Hbond substituents is 1. The molecule has 10 aromatic rings. The zero-order chi connectivity index (χ0) is 51.4. The fourth-order valence-electron chi connectivity index (χ4n) is 10.5. The van der Waals surface area contributed by atoms with Gasteiger partial charge in [-0.2, -0.15) is 0 Å². The first-order valence-electron chi connectivity index (χ1n) is 26.6. The Hall–Kier alpha value is -7.82. The number of benzene rings is 8. The third-order valence-electron chi connectivity index (χ3n) is 14.6. The van der Waals surface area contributed by atoms with E-state index in [-0.39, 0.29) is 22.5 Å². The lowest BCUT2D eigenvalue weighted by Gasteiger charge is -2.23. The Labute approximate surface area is 428 Å². The molecule has 0 unspecified atom stereocenters. The van der Waals surface area contributed by atoms with Crippen LogP contribution in [-0.2, 0) is 17.2 Å². The van der Waals surface area contributed by atoms with E-state index in [0.717, 1.165) is 115 Å². The molecule has 11 rings (SSSR count). The van der Waals surface area contributed by atoms with Crippen LogP contribution in [0.2, 0.25) is 0 Å². The summed E-state index contributed by atoms with van der Waals surface area (Å²) < 4.78 is 20.2. The van der Waals surface area contributed by atoms with E-state index in [0.29, 0.717) is 11.4 Å². The molecular weight excluding hydrogens is 875 g/mol. The molecule has 2 heterocycles. The molecule has 8 aromatic carbocycles. The number of phenols is 1. The number of fused-ring (bicyclic) bond motifs is 1. The van der Waals surface area contributed by atoms with Crippen molar-refractivity contribution in [2.75, 3.05) is 0 Å². The SMILES string of the molecule is [2H]C([2H])(c1ccc(-c2ccnc(-c3cc(-c4cccc5c4nc(-c4cccc(-c6ccccc6-c6ccccc6)c4O)n5-c4ccc(C(C)(C)C)cc4-c4ccccc4)cc(C(C)(C)C)c3)c2)cc1)C1CCCC1. The number of pyridine rings is 1. The second kappa shape index (κ2) is 19.1. The first-order valence-corrected chi connectivity index (χ1v) is 25.6. The summed E-state index contributed by atoms with van der Waals surface area (Å²) in [5.41, 5.74) is 17.9. The molecule has 0 amide bonds. The van der Waals surface area contributed by atoms with Gasteiger partial charge in [-0.25, -0.2) is 4.98 Å². The molecular formula is C68H63N3O. The summed E-state index contributed by atoms with van der Waals surface area (Å²) in [6, 6.07) is 67.5. The van der Waals surface area contributed by atoms with Gasteiger partial charge in [-0.1, -0.05) is 213 Å². The maximum Gasteiger partial charge on any atom is 0.149 e. The minimum Gasteiger partial charge on any atom is -0.507 e. The van der Waals surface area contributed by atoms with Crippen molar-refractivity contribution in [3.05, 3.63) is 217 Å². The van der Waals surface area contributed by atoms with Crippen molar-refractivity contribution >= 4 is 11.0 Å². The third kappa shape index (κ3) is 9.19. The molecule has 2 aromatic heterocycles. The number of rotatable bonds is 10. The lowest BCUT2D eigenvalue weighted by molar-refractivity contribution is 0.479. The van der Waals surface area contributed by atoms with E-state index < -0.39 is 6.37 Å². The Balaban J connectivity index is 1.10. The average molecular weight is 940 g/mol. The number of imidazole rings is 1. The van der Waals surface area contributed by atoms with Crippen molar-refractivity contribution < 1.29 is 7.85 Å². The molecule has 0 atom stereocenters. The molecule has 1 aliphatic rings. The van der Waals surface area contributed by atoms with E-state index in [2.05, 4.69) is 174 Å². The standard InChI is InChI=1S/C68H63N3O/c1-67(2,3)53-35-36-62(60(44-53)49-23-11-8-12-24-49)71-63-30-18-27-56(64(63)70-66(71)59-29-17-28-58(65(59)72)57-26-16-15-25-55(57)48-21-9-7-10-22-48)51-40-52(42-54(41-51)68(4,5)6)61-43-50(37-38-69-61)47-33-31-46(32-34-47)39-45-19-13-14-20-45/h7-12,15-18,21-38,40-45,72H,13-14,19-20,39H2,1-6H3/i39D2. The summed E-state index contributed by atoms with van der Waals surface area (Å²) in [5.74, 6) is 0.857. The van der Waals surface area contributed by atoms with Crippen LogP contribution < -0.4 is 0 Å². The van der Waals surface area contributed by atoms with Crippen LogP contribution in [0.15, 0.2) is 200 Å². The van der Waals surface area contributed by atoms with Crippen molar-refractivity contribution in [3.8, 4) is 89.7 Å². The van der Waals surface area contributed by atoms with E-state index in [1.54, 1.807) is 0 Å². The van der Waals surface area contributed by atoms with Crippen molar-refractivity contribution in [1.82, 2.24) is 14.5 Å². The quantitative estimate of drug-likeness (QED) is 0.149. The number of hydrogen-bond donors (Lipinski definition) is 1. The van der Waals surface area contributed by atoms with Crippen LogP contribution in [0.25, 0.3) is 95.0 Å². The molecule has 356 valence electrons. The van der Waals surface area contributed by atoms with Crippen molar-refractivity contribution in [3.63, 3.8) is 0 Å². The van der Waals surface area contributed by atoms with E-state index in [9.17, 15) is 5.11 Å². The monoisotopic (exact) mass is 940 g/mol. The Bertz CT molecular complexity index is 3670. The zero-order valence-electron chi connectivity index (χ0n) is 44.2. The largest absolute Gasteiger partial charge is 0.507 e. The molecule has 4 heteroatoms. The van der Waals surface area contributed by atoms with Gasteiger partial charge in [-0.05, 0) is 127 Å². The highest BCUT2D eigenvalue weighted by atomic mass is 16.3. The smallest absolute Gasteiger partial charge is 0.149 e. The van der Waals surface area contributed by atoms with E-state index in [1.165, 1.54) is 11.1 Å². The molecule has 1 saturated carbocycles. The molecule has 4 nitrogen and oxygen atoms in total. The van der Waals surface area contributed by atoms with Crippen LogP contribution in [0, 0.1) is 5.92 Å². The van der Waals surface area contributed by atoms with Gasteiger partial charge in [-0.15, -0.1) is 0 Å². The van der Waals surface area contributed by atoms with Gasteiger partial charge in [0, 0.05) is 31.2 Å². The second-order valence-electron chi connectivity index (χ2n) is 21.6. The van der Waals surface area contributed by atoms with E-state index in [4.69, 9.17) is 12.7 Å². The van der Waals surface area contributed by atoms with Gasteiger partial charge >= 0.3 is 0 Å². The predicted octanol–water partition coefficient (Wildman–Crippen LogP) is 18.1. The number of aromatic nitrogens is 3. The fraction of sp³-hybridized carbons (Fsp3) is 0.206. The van der Waals surface area contributed by atoms with Gasteiger partial charge in [0.2, 0.25) is 0 Å². The molecule has 0 aliphatic heterocycles.